The fraction of sp³-hybridized carbons (Fsp3) is 0.286. The van der Waals surface area contributed by atoms with Crippen LogP contribution in [0.3, 0.4) is 0 Å². The molecule has 4 nitrogen and oxygen atoms in total. The molecule has 2 aromatic carbocycles. The number of primary amides is 1. The molecule has 2 heterocycles. The standard InChI is InChI=1S/C21H23N3O/c1-2-23-11-10-18-17(8-5-9-19(18)23)14-24-13-16-7-4-3-6-15(16)12-20(24)21(22)25/h3-11,20H,2,12-14H2,1H3,(H2,22,25). The highest BCUT2D eigenvalue weighted by atomic mass is 16.1. The molecular formula is C21H23N3O. The minimum atomic E-state index is -0.251. The molecule has 2 N–H and O–H groups in total. The Balaban J connectivity index is 1.69. The van der Waals surface area contributed by atoms with Crippen LogP contribution in [0.5, 0.6) is 0 Å². The number of aryl methyl sites for hydroxylation is 1. The second-order valence-electron chi connectivity index (χ2n) is 6.75. The first-order valence-corrected chi connectivity index (χ1v) is 8.84. The summed E-state index contributed by atoms with van der Waals surface area (Å²) < 4.78 is 2.25. The fourth-order valence-corrected chi connectivity index (χ4v) is 3.94. The summed E-state index contributed by atoms with van der Waals surface area (Å²) in [7, 11) is 0. The normalized spacial score (nSPS) is 17.6. The topological polar surface area (TPSA) is 51.3 Å². The van der Waals surface area contributed by atoms with E-state index in [0.29, 0.717) is 6.42 Å². The Bertz CT molecular complexity index is 928. The Morgan fingerprint density at radius 1 is 1.12 bits per heavy atom. The molecule has 1 amide bonds. The lowest BCUT2D eigenvalue weighted by molar-refractivity contribution is -0.124. The zero-order valence-corrected chi connectivity index (χ0v) is 14.5. The van der Waals surface area contributed by atoms with Crippen molar-refractivity contribution in [1.29, 1.82) is 0 Å². The van der Waals surface area contributed by atoms with Crippen molar-refractivity contribution in [2.75, 3.05) is 0 Å². The van der Waals surface area contributed by atoms with E-state index < -0.39 is 0 Å². The average molecular weight is 333 g/mol. The molecule has 128 valence electrons. The minimum absolute atomic E-state index is 0.243. The van der Waals surface area contributed by atoms with Crippen molar-refractivity contribution in [3.05, 3.63) is 71.4 Å². The van der Waals surface area contributed by atoms with E-state index in [4.69, 9.17) is 5.73 Å². The van der Waals surface area contributed by atoms with E-state index in [1.165, 1.54) is 27.6 Å². The van der Waals surface area contributed by atoms with Crippen molar-refractivity contribution in [2.24, 2.45) is 5.73 Å². The summed E-state index contributed by atoms with van der Waals surface area (Å²) in [5.41, 5.74) is 10.7. The van der Waals surface area contributed by atoms with Gasteiger partial charge in [0.2, 0.25) is 5.91 Å². The number of amides is 1. The molecule has 4 rings (SSSR count). The number of carbonyl (C=O) groups excluding carboxylic acids is 1. The predicted molar refractivity (Wildman–Crippen MR) is 100.0 cm³/mol. The molecule has 0 bridgehead atoms. The Kier molecular flexibility index (Phi) is 4.06. The van der Waals surface area contributed by atoms with Gasteiger partial charge in [-0.1, -0.05) is 36.4 Å². The number of nitrogens with two attached hydrogens (primary N) is 1. The molecule has 3 aromatic rings. The number of carbonyl (C=O) groups is 1. The van der Waals surface area contributed by atoms with Gasteiger partial charge in [0.15, 0.2) is 0 Å². The van der Waals surface area contributed by atoms with E-state index >= 15 is 0 Å². The maximum Gasteiger partial charge on any atom is 0.235 e. The summed E-state index contributed by atoms with van der Waals surface area (Å²) in [6, 6.07) is 16.7. The second-order valence-corrected chi connectivity index (χ2v) is 6.75. The second kappa shape index (κ2) is 6.37. The monoisotopic (exact) mass is 333 g/mol. The number of benzene rings is 2. The number of nitrogens with zero attached hydrogens (tertiary/aromatic N) is 2. The van der Waals surface area contributed by atoms with Gasteiger partial charge in [0, 0.05) is 36.7 Å². The van der Waals surface area contributed by atoms with Crippen LogP contribution in [0.1, 0.15) is 23.6 Å². The quantitative estimate of drug-likeness (QED) is 0.798. The van der Waals surface area contributed by atoms with E-state index in [-0.39, 0.29) is 11.9 Å². The molecule has 1 aromatic heterocycles. The van der Waals surface area contributed by atoms with E-state index in [1.807, 2.05) is 6.07 Å². The molecule has 1 unspecified atom stereocenters. The maximum atomic E-state index is 12.1. The summed E-state index contributed by atoms with van der Waals surface area (Å²) in [5.74, 6) is -0.243. The van der Waals surface area contributed by atoms with Crippen molar-refractivity contribution < 1.29 is 4.79 Å². The van der Waals surface area contributed by atoms with Crippen LogP contribution in [0.25, 0.3) is 10.9 Å². The van der Waals surface area contributed by atoms with Crippen LogP contribution < -0.4 is 5.73 Å². The van der Waals surface area contributed by atoms with Crippen LogP contribution in [0.4, 0.5) is 0 Å². The van der Waals surface area contributed by atoms with E-state index in [9.17, 15) is 4.79 Å². The van der Waals surface area contributed by atoms with E-state index in [1.54, 1.807) is 0 Å². The lowest BCUT2D eigenvalue weighted by Crippen LogP contribution is -2.48. The van der Waals surface area contributed by atoms with Crippen LogP contribution in [0.2, 0.25) is 0 Å². The van der Waals surface area contributed by atoms with Crippen molar-refractivity contribution in [3.63, 3.8) is 0 Å². The molecule has 4 heteroatoms. The minimum Gasteiger partial charge on any atom is -0.368 e. The summed E-state index contributed by atoms with van der Waals surface area (Å²) in [6.07, 6.45) is 2.82. The van der Waals surface area contributed by atoms with E-state index in [2.05, 4.69) is 65.1 Å². The fourth-order valence-electron chi connectivity index (χ4n) is 3.94. The molecule has 0 aliphatic carbocycles. The first kappa shape index (κ1) is 15.9. The number of aromatic nitrogens is 1. The third-order valence-corrected chi connectivity index (χ3v) is 5.29. The summed E-state index contributed by atoms with van der Waals surface area (Å²) in [6.45, 7) is 4.59. The molecule has 1 atom stereocenters. The third-order valence-electron chi connectivity index (χ3n) is 5.29. The first-order chi connectivity index (χ1) is 12.2. The highest BCUT2D eigenvalue weighted by molar-refractivity contribution is 5.84. The first-order valence-electron chi connectivity index (χ1n) is 8.84. The Hall–Kier alpha value is -2.59. The third kappa shape index (κ3) is 2.83. The van der Waals surface area contributed by atoms with Gasteiger partial charge in [-0.05, 0) is 42.2 Å². The lowest BCUT2D eigenvalue weighted by atomic mass is 9.93. The highest BCUT2D eigenvalue weighted by Crippen LogP contribution is 2.27. The molecule has 1 aliphatic rings. The predicted octanol–water partition coefficient (Wildman–Crippen LogP) is 3.07. The molecule has 0 radical (unpaired) electrons. The maximum absolute atomic E-state index is 12.1. The summed E-state index contributed by atoms with van der Waals surface area (Å²) in [5, 5.41) is 1.26. The van der Waals surface area contributed by atoms with Gasteiger partial charge in [-0.25, -0.2) is 0 Å². The average Bonchev–Trinajstić information content (AvgIpc) is 3.05. The molecule has 1 aliphatic heterocycles. The van der Waals surface area contributed by atoms with Gasteiger partial charge in [0.05, 0.1) is 6.04 Å². The molecular weight excluding hydrogens is 310 g/mol. The summed E-state index contributed by atoms with van der Waals surface area (Å²) in [4.78, 5) is 14.3. The van der Waals surface area contributed by atoms with Gasteiger partial charge in [0.25, 0.3) is 0 Å². The van der Waals surface area contributed by atoms with Crippen LogP contribution >= 0.6 is 0 Å². The largest absolute Gasteiger partial charge is 0.368 e. The molecule has 0 fully saturated rings. The van der Waals surface area contributed by atoms with Gasteiger partial charge in [0.1, 0.15) is 0 Å². The van der Waals surface area contributed by atoms with Crippen LogP contribution in [0, 0.1) is 0 Å². The van der Waals surface area contributed by atoms with Gasteiger partial charge in [-0.3, -0.25) is 9.69 Å². The number of fused-ring (bicyclic) bond motifs is 2. The molecule has 0 spiro atoms. The zero-order valence-electron chi connectivity index (χ0n) is 14.5. The smallest absolute Gasteiger partial charge is 0.235 e. The number of hydrogen-bond acceptors (Lipinski definition) is 2. The molecule has 25 heavy (non-hydrogen) atoms. The van der Waals surface area contributed by atoms with Gasteiger partial charge < -0.3 is 10.3 Å². The summed E-state index contributed by atoms with van der Waals surface area (Å²) >= 11 is 0. The van der Waals surface area contributed by atoms with Crippen LogP contribution in [0.15, 0.2) is 54.7 Å². The SMILES string of the molecule is CCn1ccc2c(CN3Cc4ccccc4CC3C(N)=O)cccc21. The van der Waals surface area contributed by atoms with Crippen molar-refractivity contribution in [2.45, 2.75) is 39.0 Å². The molecule has 0 saturated carbocycles. The number of hydrogen-bond donors (Lipinski definition) is 1. The van der Waals surface area contributed by atoms with Crippen molar-refractivity contribution in [1.82, 2.24) is 9.47 Å². The van der Waals surface area contributed by atoms with Gasteiger partial charge in [-0.15, -0.1) is 0 Å². The number of rotatable bonds is 4. The highest BCUT2D eigenvalue weighted by Gasteiger charge is 2.30. The van der Waals surface area contributed by atoms with Gasteiger partial charge in [-0.2, -0.15) is 0 Å². The van der Waals surface area contributed by atoms with E-state index in [0.717, 1.165) is 19.6 Å². The van der Waals surface area contributed by atoms with Crippen molar-refractivity contribution in [3.8, 4) is 0 Å². The Morgan fingerprint density at radius 3 is 2.68 bits per heavy atom. The Morgan fingerprint density at radius 2 is 1.92 bits per heavy atom. The molecule has 0 saturated heterocycles. The Labute approximate surface area is 147 Å². The van der Waals surface area contributed by atoms with Crippen LogP contribution in [-0.4, -0.2) is 21.4 Å². The lowest BCUT2D eigenvalue weighted by Gasteiger charge is -2.35. The van der Waals surface area contributed by atoms with Crippen molar-refractivity contribution >= 4 is 16.8 Å². The van der Waals surface area contributed by atoms with Crippen LogP contribution in [-0.2, 0) is 30.8 Å². The van der Waals surface area contributed by atoms with Gasteiger partial charge >= 0.3 is 0 Å². The zero-order chi connectivity index (χ0) is 17.4.